The van der Waals surface area contributed by atoms with Crippen LogP contribution in [0.1, 0.15) is 20.3 Å². The fourth-order valence-electron chi connectivity index (χ4n) is 3.27. The number of hydrogen-bond donors (Lipinski definition) is 1. The quantitative estimate of drug-likeness (QED) is 0.858. The topological polar surface area (TPSA) is 74.6 Å². The van der Waals surface area contributed by atoms with E-state index in [1.54, 1.807) is 6.07 Å². The second-order valence-electron chi connectivity index (χ2n) is 7.36. The molecule has 1 aromatic rings. The molecule has 1 aliphatic heterocycles. The maximum atomic E-state index is 12.5. The monoisotopic (exact) mass is 343 g/mol. The maximum absolute atomic E-state index is 12.5. The molecule has 6 heteroatoms. The number of morpholine rings is 1. The second kappa shape index (κ2) is 7.03. The lowest BCUT2D eigenvalue weighted by molar-refractivity contribution is -0.120. The van der Waals surface area contributed by atoms with Crippen molar-refractivity contribution in [3.05, 3.63) is 24.3 Å². The van der Waals surface area contributed by atoms with E-state index < -0.39 is 5.41 Å². The number of anilines is 1. The number of carbonyl (C=O) groups is 1. The van der Waals surface area contributed by atoms with Crippen LogP contribution in [0.15, 0.2) is 24.3 Å². The fraction of sp³-hybridized carbons (Fsp3) is 0.579. The van der Waals surface area contributed by atoms with Gasteiger partial charge in [0.25, 0.3) is 0 Å². The molecule has 134 valence electrons. The summed E-state index contributed by atoms with van der Waals surface area (Å²) in [6, 6.07) is 9.52. The zero-order chi connectivity index (χ0) is 17.9. The standard InChI is InChI=1S/C19H25N3O3/c1-18(2)13-19(18,14-20)17(23)21-15-4-3-5-16(12-15)25-11-8-22-6-9-24-10-7-22/h3-5,12H,6-11,13H2,1-2H3,(H,21,23). The summed E-state index contributed by atoms with van der Waals surface area (Å²) in [5.74, 6) is 0.484. The number of benzene rings is 1. The normalized spacial score (nSPS) is 25.0. The first-order valence-corrected chi connectivity index (χ1v) is 8.73. The van der Waals surface area contributed by atoms with Gasteiger partial charge in [0.15, 0.2) is 0 Å². The molecule has 0 aromatic heterocycles. The van der Waals surface area contributed by atoms with Crippen molar-refractivity contribution in [3.8, 4) is 11.8 Å². The number of rotatable bonds is 6. The van der Waals surface area contributed by atoms with Gasteiger partial charge in [0.1, 0.15) is 17.8 Å². The first-order chi connectivity index (χ1) is 12.0. The highest BCUT2D eigenvalue weighted by Crippen LogP contribution is 2.63. The Labute approximate surface area is 148 Å². The van der Waals surface area contributed by atoms with Gasteiger partial charge in [-0.1, -0.05) is 19.9 Å². The van der Waals surface area contributed by atoms with E-state index in [1.807, 2.05) is 32.0 Å². The van der Waals surface area contributed by atoms with Crippen molar-refractivity contribution in [1.82, 2.24) is 4.90 Å². The largest absolute Gasteiger partial charge is 0.492 e. The van der Waals surface area contributed by atoms with Gasteiger partial charge in [-0.3, -0.25) is 9.69 Å². The molecule has 0 radical (unpaired) electrons. The average molecular weight is 343 g/mol. The average Bonchev–Trinajstić information content (AvgIpc) is 3.19. The van der Waals surface area contributed by atoms with Crippen molar-refractivity contribution in [2.24, 2.45) is 10.8 Å². The number of amides is 1. The predicted octanol–water partition coefficient (Wildman–Crippen LogP) is 2.28. The van der Waals surface area contributed by atoms with Gasteiger partial charge >= 0.3 is 0 Å². The van der Waals surface area contributed by atoms with E-state index in [4.69, 9.17) is 9.47 Å². The number of carbonyl (C=O) groups excluding carboxylic acids is 1. The number of nitrogens with zero attached hydrogens (tertiary/aromatic N) is 2. The van der Waals surface area contributed by atoms with Crippen molar-refractivity contribution in [2.75, 3.05) is 44.8 Å². The van der Waals surface area contributed by atoms with Gasteiger partial charge in [-0.25, -0.2) is 0 Å². The molecule has 25 heavy (non-hydrogen) atoms. The third-order valence-corrected chi connectivity index (χ3v) is 5.19. The molecule has 1 saturated heterocycles. The van der Waals surface area contributed by atoms with Crippen LogP contribution >= 0.6 is 0 Å². The summed E-state index contributed by atoms with van der Waals surface area (Å²) in [6.45, 7) is 8.76. The molecule has 0 bridgehead atoms. The molecule has 1 unspecified atom stereocenters. The molecular formula is C19H25N3O3. The zero-order valence-electron chi connectivity index (χ0n) is 14.9. The Morgan fingerprint density at radius 2 is 2.12 bits per heavy atom. The van der Waals surface area contributed by atoms with Crippen LogP contribution in [0.3, 0.4) is 0 Å². The highest BCUT2D eigenvalue weighted by atomic mass is 16.5. The second-order valence-corrected chi connectivity index (χ2v) is 7.36. The van der Waals surface area contributed by atoms with E-state index in [0.717, 1.165) is 32.8 Å². The van der Waals surface area contributed by atoms with E-state index in [2.05, 4.69) is 16.3 Å². The summed E-state index contributed by atoms with van der Waals surface area (Å²) in [6.07, 6.45) is 0.595. The molecule has 1 aliphatic carbocycles. The zero-order valence-corrected chi connectivity index (χ0v) is 14.9. The molecule has 2 aliphatic rings. The van der Waals surface area contributed by atoms with Crippen LogP contribution < -0.4 is 10.1 Å². The van der Waals surface area contributed by atoms with Gasteiger partial charge < -0.3 is 14.8 Å². The maximum Gasteiger partial charge on any atom is 0.245 e. The molecule has 1 amide bonds. The van der Waals surface area contributed by atoms with Crippen LogP contribution in [0.2, 0.25) is 0 Å². The highest BCUT2D eigenvalue weighted by Gasteiger charge is 2.67. The molecular weight excluding hydrogens is 318 g/mol. The summed E-state index contributed by atoms with van der Waals surface area (Å²) >= 11 is 0. The molecule has 2 fully saturated rings. The number of nitrogens with one attached hydrogen (secondary N) is 1. The lowest BCUT2D eigenvalue weighted by Gasteiger charge is -2.26. The Bertz CT molecular complexity index is 677. The lowest BCUT2D eigenvalue weighted by Crippen LogP contribution is -2.38. The van der Waals surface area contributed by atoms with Gasteiger partial charge in [-0.05, 0) is 24.0 Å². The van der Waals surface area contributed by atoms with Crippen molar-refractivity contribution in [3.63, 3.8) is 0 Å². The number of hydrogen-bond acceptors (Lipinski definition) is 5. The summed E-state index contributed by atoms with van der Waals surface area (Å²) in [5.41, 5.74) is -0.524. The van der Waals surface area contributed by atoms with E-state index in [9.17, 15) is 10.1 Å². The van der Waals surface area contributed by atoms with Crippen molar-refractivity contribution >= 4 is 11.6 Å². The van der Waals surface area contributed by atoms with Gasteiger partial charge in [-0.15, -0.1) is 0 Å². The molecule has 1 atom stereocenters. The third kappa shape index (κ3) is 3.78. The third-order valence-electron chi connectivity index (χ3n) is 5.19. The lowest BCUT2D eigenvalue weighted by atomic mass is 9.96. The Kier molecular flexibility index (Phi) is 4.98. The van der Waals surface area contributed by atoms with E-state index in [0.29, 0.717) is 24.5 Å². The van der Waals surface area contributed by atoms with Crippen LogP contribution in [-0.2, 0) is 9.53 Å². The summed E-state index contributed by atoms with van der Waals surface area (Å²) < 4.78 is 11.1. The van der Waals surface area contributed by atoms with Gasteiger partial charge in [0.05, 0.1) is 19.3 Å². The molecule has 1 N–H and O–H groups in total. The Morgan fingerprint density at radius 1 is 1.40 bits per heavy atom. The van der Waals surface area contributed by atoms with Crippen molar-refractivity contribution in [1.29, 1.82) is 5.26 Å². The molecule has 0 spiro atoms. The Morgan fingerprint density at radius 3 is 2.76 bits per heavy atom. The fourth-order valence-corrected chi connectivity index (χ4v) is 3.27. The smallest absolute Gasteiger partial charge is 0.245 e. The minimum Gasteiger partial charge on any atom is -0.492 e. The van der Waals surface area contributed by atoms with Crippen molar-refractivity contribution < 1.29 is 14.3 Å². The Hall–Kier alpha value is -2.10. The summed E-state index contributed by atoms with van der Waals surface area (Å²) in [4.78, 5) is 14.8. The molecule has 1 aromatic carbocycles. The SMILES string of the molecule is CC1(C)CC1(C#N)C(=O)Nc1cccc(OCCN2CCOCC2)c1. The summed E-state index contributed by atoms with van der Waals surface area (Å²) in [5, 5.41) is 12.2. The van der Waals surface area contributed by atoms with Gasteiger partial charge in [0.2, 0.25) is 5.91 Å². The number of nitriles is 1. The van der Waals surface area contributed by atoms with Gasteiger partial charge in [0, 0.05) is 31.4 Å². The first-order valence-electron chi connectivity index (χ1n) is 8.73. The predicted molar refractivity (Wildman–Crippen MR) is 94.3 cm³/mol. The molecule has 3 rings (SSSR count). The van der Waals surface area contributed by atoms with E-state index in [-0.39, 0.29) is 11.3 Å². The highest BCUT2D eigenvalue weighted by molar-refractivity contribution is 6.00. The minimum atomic E-state index is -0.916. The van der Waals surface area contributed by atoms with Crippen LogP contribution in [0.4, 0.5) is 5.69 Å². The van der Waals surface area contributed by atoms with Crippen LogP contribution in [0.5, 0.6) is 5.75 Å². The molecule has 1 heterocycles. The van der Waals surface area contributed by atoms with E-state index >= 15 is 0 Å². The van der Waals surface area contributed by atoms with E-state index in [1.165, 1.54) is 0 Å². The molecule has 1 saturated carbocycles. The summed E-state index contributed by atoms with van der Waals surface area (Å²) in [7, 11) is 0. The van der Waals surface area contributed by atoms with Gasteiger partial charge in [-0.2, -0.15) is 5.26 Å². The molecule has 6 nitrogen and oxygen atoms in total. The number of ether oxygens (including phenoxy) is 2. The van der Waals surface area contributed by atoms with Crippen LogP contribution in [0.25, 0.3) is 0 Å². The van der Waals surface area contributed by atoms with Crippen molar-refractivity contribution in [2.45, 2.75) is 20.3 Å². The minimum absolute atomic E-state index is 0.231. The first kappa shape index (κ1) is 17.7. The van der Waals surface area contributed by atoms with Crippen LogP contribution in [-0.4, -0.2) is 50.3 Å². The Balaban J connectivity index is 1.53. The van der Waals surface area contributed by atoms with Crippen LogP contribution in [0, 0.1) is 22.2 Å².